The normalized spacial score (nSPS) is 15.0. The molecule has 0 radical (unpaired) electrons. The smallest absolute Gasteiger partial charge is 0.262 e. The van der Waals surface area contributed by atoms with Crippen LogP contribution in [0.15, 0.2) is 64.5 Å². The number of thiazole rings is 1. The summed E-state index contributed by atoms with van der Waals surface area (Å²) in [4.78, 5) is 17.0. The highest BCUT2D eigenvalue weighted by atomic mass is 32.1. The summed E-state index contributed by atoms with van der Waals surface area (Å²) in [5, 5.41) is 9.50. The first-order valence-corrected chi connectivity index (χ1v) is 10.4. The third-order valence-electron chi connectivity index (χ3n) is 4.67. The quantitative estimate of drug-likeness (QED) is 0.493. The van der Waals surface area contributed by atoms with Crippen LogP contribution in [0.1, 0.15) is 5.56 Å². The van der Waals surface area contributed by atoms with Gasteiger partial charge in [-0.3, -0.25) is 9.79 Å². The van der Waals surface area contributed by atoms with Crippen LogP contribution in [-0.4, -0.2) is 36.7 Å². The molecule has 0 bridgehead atoms. The number of fused-ring (bicyclic) bond motifs is 2. The summed E-state index contributed by atoms with van der Waals surface area (Å²) < 4.78 is 18.0. The van der Waals surface area contributed by atoms with Crippen LogP contribution in [0.25, 0.3) is 11.3 Å². The van der Waals surface area contributed by atoms with Gasteiger partial charge in [0.25, 0.3) is 5.91 Å². The van der Waals surface area contributed by atoms with Crippen molar-refractivity contribution in [3.8, 4) is 28.5 Å². The molecule has 1 aromatic heterocycles. The minimum absolute atomic E-state index is 0.0230. The number of nitrogens with zero attached hydrogens (tertiary/aromatic N) is 3. The zero-order valence-electron chi connectivity index (χ0n) is 16.4. The topological polar surface area (TPSA) is 86.4 Å². The Morgan fingerprint density at radius 2 is 2.00 bits per heavy atom. The number of carbonyl (C=O) groups is 1. The van der Waals surface area contributed by atoms with E-state index in [-0.39, 0.29) is 19.3 Å². The first-order valence-electron chi connectivity index (χ1n) is 9.54. The Labute approximate surface area is 181 Å². The maximum atomic E-state index is 11.7. The first kappa shape index (κ1) is 19.1. The van der Waals surface area contributed by atoms with E-state index in [0.717, 1.165) is 27.4 Å². The number of benzene rings is 2. The van der Waals surface area contributed by atoms with Gasteiger partial charge >= 0.3 is 0 Å². The molecule has 0 saturated carbocycles. The summed E-state index contributed by atoms with van der Waals surface area (Å²) in [7, 11) is 0. The maximum absolute atomic E-state index is 11.7. The molecule has 2 aromatic carbocycles. The van der Waals surface area contributed by atoms with E-state index in [1.807, 2.05) is 41.8 Å². The number of amides is 1. The molecule has 31 heavy (non-hydrogen) atoms. The fourth-order valence-electron chi connectivity index (χ4n) is 3.22. The highest BCUT2D eigenvalue weighted by Crippen LogP contribution is 2.33. The molecule has 3 heterocycles. The molecular formula is C22H18N4O4S. The van der Waals surface area contributed by atoms with Crippen LogP contribution >= 0.6 is 11.3 Å². The zero-order chi connectivity index (χ0) is 21.2. The van der Waals surface area contributed by atoms with Gasteiger partial charge in [-0.15, -0.1) is 17.9 Å². The third-order valence-corrected chi connectivity index (χ3v) is 5.52. The van der Waals surface area contributed by atoms with Gasteiger partial charge in [0, 0.05) is 10.9 Å². The van der Waals surface area contributed by atoms with Crippen molar-refractivity contribution in [2.24, 2.45) is 10.1 Å². The Morgan fingerprint density at radius 1 is 1.13 bits per heavy atom. The van der Waals surface area contributed by atoms with E-state index in [0.29, 0.717) is 23.7 Å². The summed E-state index contributed by atoms with van der Waals surface area (Å²) in [6, 6.07) is 11.3. The predicted octanol–water partition coefficient (Wildman–Crippen LogP) is 3.25. The molecule has 1 amide bonds. The third kappa shape index (κ3) is 3.82. The van der Waals surface area contributed by atoms with Gasteiger partial charge in [-0.25, -0.2) is 4.68 Å². The van der Waals surface area contributed by atoms with Crippen molar-refractivity contribution >= 4 is 29.1 Å². The molecule has 156 valence electrons. The maximum Gasteiger partial charge on any atom is 0.262 e. The van der Waals surface area contributed by atoms with Crippen molar-refractivity contribution in [2.45, 2.75) is 0 Å². The lowest BCUT2D eigenvalue weighted by molar-refractivity contribution is -0.118. The van der Waals surface area contributed by atoms with Gasteiger partial charge in [-0.1, -0.05) is 6.08 Å². The Balaban J connectivity index is 1.55. The zero-order valence-corrected chi connectivity index (χ0v) is 17.2. The summed E-state index contributed by atoms with van der Waals surface area (Å²) in [6.45, 7) is 4.46. The number of carbonyl (C=O) groups excluding carboxylic acids is 1. The second-order valence-electron chi connectivity index (χ2n) is 6.75. The lowest BCUT2D eigenvalue weighted by atomic mass is 10.1. The van der Waals surface area contributed by atoms with Crippen LogP contribution in [0.5, 0.6) is 17.2 Å². The van der Waals surface area contributed by atoms with Crippen LogP contribution in [0.3, 0.4) is 0 Å². The molecule has 1 N–H and O–H groups in total. The molecule has 5 rings (SSSR count). The van der Waals surface area contributed by atoms with E-state index in [1.54, 1.807) is 17.0 Å². The van der Waals surface area contributed by atoms with Gasteiger partial charge in [-0.2, -0.15) is 5.10 Å². The Bertz CT molecular complexity index is 1270. The largest absolute Gasteiger partial charge is 0.482 e. The van der Waals surface area contributed by atoms with E-state index in [9.17, 15) is 4.79 Å². The van der Waals surface area contributed by atoms with Gasteiger partial charge < -0.3 is 19.5 Å². The van der Waals surface area contributed by atoms with Crippen molar-refractivity contribution < 1.29 is 19.0 Å². The summed E-state index contributed by atoms with van der Waals surface area (Å²) in [6.07, 6.45) is 3.48. The molecule has 0 unspecified atom stereocenters. The predicted molar refractivity (Wildman–Crippen MR) is 118 cm³/mol. The monoisotopic (exact) mass is 434 g/mol. The molecule has 0 spiro atoms. The SMILES string of the molecule is C=CCN=c1scc(-c2ccc3c(c2)NC(=O)CO3)n1N=Cc1ccc2c(c1)OCO2. The summed E-state index contributed by atoms with van der Waals surface area (Å²) in [5.74, 6) is 1.89. The fourth-order valence-corrected chi connectivity index (χ4v) is 4.07. The average Bonchev–Trinajstić information content (AvgIpc) is 3.42. The highest BCUT2D eigenvalue weighted by Gasteiger charge is 2.18. The van der Waals surface area contributed by atoms with Crippen molar-refractivity contribution in [3.63, 3.8) is 0 Å². The Kier molecular flexibility index (Phi) is 5.01. The van der Waals surface area contributed by atoms with Crippen molar-refractivity contribution in [2.75, 3.05) is 25.3 Å². The van der Waals surface area contributed by atoms with E-state index in [4.69, 9.17) is 14.2 Å². The molecule has 0 saturated heterocycles. The lowest BCUT2D eigenvalue weighted by Gasteiger charge is -2.18. The van der Waals surface area contributed by atoms with Crippen molar-refractivity contribution in [1.29, 1.82) is 0 Å². The van der Waals surface area contributed by atoms with Crippen LogP contribution in [0.2, 0.25) is 0 Å². The van der Waals surface area contributed by atoms with E-state index in [2.05, 4.69) is 22.0 Å². The van der Waals surface area contributed by atoms with Gasteiger partial charge in [0.2, 0.25) is 11.6 Å². The second-order valence-corrected chi connectivity index (χ2v) is 7.59. The standard InChI is InChI=1S/C22H18N4O4S/c1-2-7-23-22-26(24-10-14-3-5-19-20(8-14)30-13-29-19)17(12-31-22)15-4-6-18-16(9-15)25-21(27)11-28-18/h2-6,8-10,12H,1,7,11,13H2,(H,25,27). The molecule has 3 aromatic rings. The number of rotatable bonds is 5. The summed E-state index contributed by atoms with van der Waals surface area (Å²) in [5.41, 5.74) is 3.22. The van der Waals surface area contributed by atoms with Gasteiger partial charge in [0.1, 0.15) is 5.75 Å². The molecule has 0 aliphatic carbocycles. The number of ether oxygens (including phenoxy) is 3. The molecule has 2 aliphatic rings. The van der Waals surface area contributed by atoms with Crippen LogP contribution < -0.4 is 24.3 Å². The van der Waals surface area contributed by atoms with E-state index < -0.39 is 0 Å². The average molecular weight is 434 g/mol. The molecule has 0 atom stereocenters. The number of aromatic nitrogens is 1. The van der Waals surface area contributed by atoms with Gasteiger partial charge in [-0.05, 0) is 42.0 Å². The minimum atomic E-state index is -0.176. The number of nitrogens with one attached hydrogen (secondary N) is 1. The molecule has 9 heteroatoms. The number of anilines is 1. The van der Waals surface area contributed by atoms with Crippen LogP contribution in [-0.2, 0) is 4.79 Å². The van der Waals surface area contributed by atoms with Crippen LogP contribution in [0, 0.1) is 0 Å². The first-order chi connectivity index (χ1) is 15.2. The Morgan fingerprint density at radius 3 is 2.90 bits per heavy atom. The highest BCUT2D eigenvalue weighted by molar-refractivity contribution is 7.07. The second kappa shape index (κ2) is 8.11. The molecule has 2 aliphatic heterocycles. The molecule has 8 nitrogen and oxygen atoms in total. The van der Waals surface area contributed by atoms with Gasteiger partial charge in [0.15, 0.2) is 18.1 Å². The molecule has 0 fully saturated rings. The van der Waals surface area contributed by atoms with E-state index >= 15 is 0 Å². The van der Waals surface area contributed by atoms with E-state index in [1.165, 1.54) is 11.3 Å². The number of hydrogen-bond donors (Lipinski definition) is 1. The van der Waals surface area contributed by atoms with Gasteiger partial charge in [0.05, 0.1) is 24.1 Å². The Hall–Kier alpha value is -3.85. The summed E-state index contributed by atoms with van der Waals surface area (Å²) >= 11 is 1.48. The van der Waals surface area contributed by atoms with Crippen molar-refractivity contribution in [1.82, 2.24) is 4.68 Å². The fraction of sp³-hybridized carbons (Fsp3) is 0.136. The molecular weight excluding hydrogens is 416 g/mol. The van der Waals surface area contributed by atoms with Crippen LogP contribution in [0.4, 0.5) is 5.69 Å². The van der Waals surface area contributed by atoms with Crippen molar-refractivity contribution in [3.05, 3.63) is 64.8 Å². The number of hydrogen-bond acceptors (Lipinski definition) is 7. The minimum Gasteiger partial charge on any atom is -0.482 e. The lowest BCUT2D eigenvalue weighted by Crippen LogP contribution is -2.25.